The van der Waals surface area contributed by atoms with Crippen LogP contribution in [0.5, 0.6) is 5.75 Å². The second-order valence-corrected chi connectivity index (χ2v) is 4.85. The van der Waals surface area contributed by atoms with Crippen molar-refractivity contribution in [2.45, 2.75) is 19.0 Å². The number of ether oxygens (including phenoxy) is 1. The Kier molecular flexibility index (Phi) is 4.81. The maximum absolute atomic E-state index is 11.8. The summed E-state index contributed by atoms with van der Waals surface area (Å²) in [6.45, 7) is 0.377. The summed E-state index contributed by atoms with van der Waals surface area (Å²) in [6.07, 6.45) is 3.71. The Morgan fingerprint density at radius 1 is 1.38 bits per heavy atom. The predicted octanol–water partition coefficient (Wildman–Crippen LogP) is 1.52. The third kappa shape index (κ3) is 4.24. The van der Waals surface area contributed by atoms with Gasteiger partial charge in [0.25, 0.3) is 0 Å². The summed E-state index contributed by atoms with van der Waals surface area (Å²) in [5.41, 5.74) is 0.926. The number of urea groups is 1. The van der Waals surface area contributed by atoms with Crippen molar-refractivity contribution in [3.63, 3.8) is 0 Å². The van der Waals surface area contributed by atoms with Gasteiger partial charge in [0.05, 0.1) is 19.1 Å². The standard InChI is InChI=1S/C15H18N2O4/c1-21-13-4-2-3-10(7-13)9-16-15(20)17-12-6-5-11(8-12)14(18)19/h2-7,11-12H,8-9H2,1H3,(H,18,19)(H2,16,17,20). The van der Waals surface area contributed by atoms with Crippen molar-refractivity contribution < 1.29 is 19.4 Å². The highest BCUT2D eigenvalue weighted by Crippen LogP contribution is 2.17. The van der Waals surface area contributed by atoms with E-state index in [0.29, 0.717) is 13.0 Å². The van der Waals surface area contributed by atoms with Crippen molar-refractivity contribution in [1.29, 1.82) is 0 Å². The minimum Gasteiger partial charge on any atom is -0.497 e. The fraction of sp³-hybridized carbons (Fsp3) is 0.333. The number of aliphatic carboxylic acids is 1. The van der Waals surface area contributed by atoms with E-state index in [0.717, 1.165) is 11.3 Å². The van der Waals surface area contributed by atoms with Crippen LogP contribution in [0.4, 0.5) is 4.79 Å². The highest BCUT2D eigenvalue weighted by atomic mass is 16.5. The molecule has 112 valence electrons. The van der Waals surface area contributed by atoms with E-state index in [-0.39, 0.29) is 12.1 Å². The summed E-state index contributed by atoms with van der Waals surface area (Å²) in [6, 6.07) is 6.86. The first-order chi connectivity index (χ1) is 10.1. The van der Waals surface area contributed by atoms with Gasteiger partial charge < -0.3 is 20.5 Å². The summed E-state index contributed by atoms with van der Waals surface area (Å²) in [5.74, 6) is -0.654. The third-order valence-electron chi connectivity index (χ3n) is 3.30. The highest BCUT2D eigenvalue weighted by Gasteiger charge is 2.25. The van der Waals surface area contributed by atoms with Gasteiger partial charge in [-0.15, -0.1) is 0 Å². The number of nitrogens with one attached hydrogen (secondary N) is 2. The van der Waals surface area contributed by atoms with E-state index in [2.05, 4.69) is 10.6 Å². The zero-order valence-corrected chi connectivity index (χ0v) is 11.7. The molecule has 3 N–H and O–H groups in total. The van der Waals surface area contributed by atoms with E-state index in [1.54, 1.807) is 19.3 Å². The van der Waals surface area contributed by atoms with E-state index in [9.17, 15) is 9.59 Å². The zero-order chi connectivity index (χ0) is 15.2. The summed E-state index contributed by atoms with van der Waals surface area (Å²) in [5, 5.41) is 14.3. The quantitative estimate of drug-likeness (QED) is 0.718. The molecule has 0 fully saturated rings. The molecule has 2 atom stereocenters. The van der Waals surface area contributed by atoms with Crippen LogP contribution in [0, 0.1) is 5.92 Å². The molecule has 0 heterocycles. The minimum absolute atomic E-state index is 0.239. The van der Waals surface area contributed by atoms with Gasteiger partial charge in [0, 0.05) is 6.54 Å². The van der Waals surface area contributed by atoms with E-state index >= 15 is 0 Å². The van der Waals surface area contributed by atoms with Crippen LogP contribution in [0.2, 0.25) is 0 Å². The zero-order valence-electron chi connectivity index (χ0n) is 11.7. The Morgan fingerprint density at radius 3 is 2.86 bits per heavy atom. The number of methoxy groups -OCH3 is 1. The van der Waals surface area contributed by atoms with Crippen molar-refractivity contribution >= 4 is 12.0 Å². The van der Waals surface area contributed by atoms with Crippen LogP contribution in [0.3, 0.4) is 0 Å². The van der Waals surface area contributed by atoms with E-state index < -0.39 is 11.9 Å². The van der Waals surface area contributed by atoms with E-state index in [1.165, 1.54) is 0 Å². The number of hydrogen-bond acceptors (Lipinski definition) is 3. The fourth-order valence-electron chi connectivity index (χ4n) is 2.17. The topological polar surface area (TPSA) is 87.7 Å². The lowest BCUT2D eigenvalue weighted by atomic mass is 10.1. The average Bonchev–Trinajstić information content (AvgIpc) is 2.94. The van der Waals surface area contributed by atoms with Crippen molar-refractivity contribution in [2.24, 2.45) is 5.92 Å². The molecule has 0 radical (unpaired) electrons. The second kappa shape index (κ2) is 6.78. The SMILES string of the molecule is COc1cccc(CNC(=O)NC2C=CC(C(=O)O)C2)c1. The number of carbonyl (C=O) groups is 2. The van der Waals surface area contributed by atoms with Gasteiger partial charge in [-0.2, -0.15) is 0 Å². The first-order valence-electron chi connectivity index (χ1n) is 6.67. The van der Waals surface area contributed by atoms with Crippen LogP contribution in [0.1, 0.15) is 12.0 Å². The van der Waals surface area contributed by atoms with Gasteiger partial charge in [-0.05, 0) is 24.1 Å². The Balaban J connectivity index is 1.78. The molecule has 0 saturated heterocycles. The molecule has 6 heteroatoms. The van der Waals surface area contributed by atoms with Crippen LogP contribution in [-0.2, 0) is 11.3 Å². The molecule has 0 aromatic heterocycles. The minimum atomic E-state index is -0.868. The first-order valence-corrected chi connectivity index (χ1v) is 6.67. The average molecular weight is 290 g/mol. The molecule has 1 aromatic carbocycles. The molecule has 2 unspecified atom stereocenters. The molecule has 6 nitrogen and oxygen atoms in total. The predicted molar refractivity (Wildman–Crippen MR) is 77.0 cm³/mol. The van der Waals surface area contributed by atoms with Gasteiger partial charge in [0.2, 0.25) is 0 Å². The molecule has 0 aliphatic heterocycles. The molecule has 0 bridgehead atoms. The van der Waals surface area contributed by atoms with Gasteiger partial charge in [-0.3, -0.25) is 4.79 Å². The largest absolute Gasteiger partial charge is 0.497 e. The van der Waals surface area contributed by atoms with Crippen molar-refractivity contribution in [3.8, 4) is 5.75 Å². The Morgan fingerprint density at radius 2 is 2.19 bits per heavy atom. The number of carbonyl (C=O) groups excluding carboxylic acids is 1. The van der Waals surface area contributed by atoms with Crippen molar-refractivity contribution in [2.75, 3.05) is 7.11 Å². The number of rotatable bonds is 5. The maximum Gasteiger partial charge on any atom is 0.315 e. The first kappa shape index (κ1) is 14.9. The molecule has 0 saturated carbocycles. The maximum atomic E-state index is 11.8. The van der Waals surface area contributed by atoms with Crippen LogP contribution < -0.4 is 15.4 Å². The normalized spacial score (nSPS) is 20.0. The lowest BCUT2D eigenvalue weighted by Gasteiger charge is -2.13. The Hall–Kier alpha value is -2.50. The van der Waals surface area contributed by atoms with Crippen molar-refractivity contribution in [3.05, 3.63) is 42.0 Å². The van der Waals surface area contributed by atoms with Gasteiger partial charge in [0.15, 0.2) is 0 Å². The van der Waals surface area contributed by atoms with E-state index in [1.807, 2.05) is 24.3 Å². The van der Waals surface area contributed by atoms with Gasteiger partial charge in [-0.1, -0.05) is 24.3 Å². The Bertz CT molecular complexity index is 556. The number of benzene rings is 1. The lowest BCUT2D eigenvalue weighted by molar-refractivity contribution is -0.140. The molecular formula is C15H18N2O4. The Labute approximate surface area is 122 Å². The molecule has 1 aromatic rings. The number of amides is 2. The van der Waals surface area contributed by atoms with Crippen LogP contribution in [0.15, 0.2) is 36.4 Å². The summed E-state index contributed by atoms with van der Waals surface area (Å²) < 4.78 is 5.11. The number of carboxylic acid groups (broad SMARTS) is 1. The summed E-state index contributed by atoms with van der Waals surface area (Å²) in [7, 11) is 1.59. The van der Waals surface area contributed by atoms with Crippen LogP contribution in [0.25, 0.3) is 0 Å². The molecule has 1 aliphatic rings. The monoisotopic (exact) mass is 290 g/mol. The van der Waals surface area contributed by atoms with E-state index in [4.69, 9.17) is 9.84 Å². The lowest BCUT2D eigenvalue weighted by Crippen LogP contribution is -2.40. The highest BCUT2D eigenvalue weighted by molar-refractivity contribution is 5.76. The van der Waals surface area contributed by atoms with Gasteiger partial charge in [0.1, 0.15) is 5.75 Å². The molecule has 1 aliphatic carbocycles. The molecular weight excluding hydrogens is 272 g/mol. The smallest absolute Gasteiger partial charge is 0.315 e. The van der Waals surface area contributed by atoms with Crippen molar-refractivity contribution in [1.82, 2.24) is 10.6 Å². The fourth-order valence-corrected chi connectivity index (χ4v) is 2.17. The summed E-state index contributed by atoms with van der Waals surface area (Å²) in [4.78, 5) is 22.6. The molecule has 0 spiro atoms. The number of hydrogen-bond donors (Lipinski definition) is 3. The molecule has 21 heavy (non-hydrogen) atoms. The second-order valence-electron chi connectivity index (χ2n) is 4.85. The molecule has 2 rings (SSSR count). The van der Waals surface area contributed by atoms with Crippen LogP contribution in [-0.4, -0.2) is 30.3 Å². The van der Waals surface area contributed by atoms with Gasteiger partial charge >= 0.3 is 12.0 Å². The third-order valence-corrected chi connectivity index (χ3v) is 3.30. The summed E-state index contributed by atoms with van der Waals surface area (Å²) >= 11 is 0. The molecule has 2 amide bonds. The van der Waals surface area contributed by atoms with Crippen LogP contribution >= 0.6 is 0 Å². The number of carboxylic acids is 1. The van der Waals surface area contributed by atoms with Gasteiger partial charge in [-0.25, -0.2) is 4.79 Å².